The van der Waals surface area contributed by atoms with Crippen molar-refractivity contribution in [2.24, 2.45) is 0 Å². The number of hydrogen-bond acceptors (Lipinski definition) is 8. The fourth-order valence-corrected chi connectivity index (χ4v) is 9.18. The van der Waals surface area contributed by atoms with Crippen molar-refractivity contribution in [1.82, 2.24) is 0 Å². The Morgan fingerprint density at radius 2 is 1.28 bits per heavy atom. The van der Waals surface area contributed by atoms with Crippen LogP contribution < -0.4 is 28.4 Å². The van der Waals surface area contributed by atoms with E-state index in [0.717, 1.165) is 33.4 Å². The van der Waals surface area contributed by atoms with Crippen molar-refractivity contribution in [1.29, 1.82) is 0 Å². The van der Waals surface area contributed by atoms with Crippen molar-refractivity contribution in [2.45, 2.75) is 70.6 Å². The summed E-state index contributed by atoms with van der Waals surface area (Å²) in [6, 6.07) is 17.6. The fraction of sp³-hybridized carbons (Fsp3) is 0.422. The Morgan fingerprint density at radius 1 is 0.719 bits per heavy atom. The Kier molecular flexibility index (Phi) is 10.8. The molecule has 4 aromatic rings. The molecule has 6 atom stereocenters. The molecule has 0 aliphatic carbocycles. The number of nitrogens with zero attached hydrogens (tertiary/aromatic N) is 2. The molecule has 0 spiro atoms. The minimum Gasteiger partial charge on any atom is -0.493 e. The summed E-state index contributed by atoms with van der Waals surface area (Å²) in [5, 5.41) is 21.0. The van der Waals surface area contributed by atoms with Gasteiger partial charge in [0.2, 0.25) is 5.75 Å². The van der Waals surface area contributed by atoms with Crippen LogP contribution in [0, 0.1) is 0 Å². The minimum absolute atomic E-state index is 0.187. The number of carbonyl (C=O) groups is 2. The van der Waals surface area contributed by atoms with Gasteiger partial charge in [0, 0.05) is 31.2 Å². The zero-order valence-electron chi connectivity index (χ0n) is 34.1. The summed E-state index contributed by atoms with van der Waals surface area (Å²) < 4.78 is 38.3. The molecule has 302 valence electrons. The van der Waals surface area contributed by atoms with E-state index in [1.807, 2.05) is 81.7 Å². The van der Waals surface area contributed by atoms with E-state index in [9.17, 15) is 19.8 Å². The van der Waals surface area contributed by atoms with E-state index in [1.54, 1.807) is 35.2 Å². The number of ether oxygens (including phenoxy) is 6. The molecule has 6 bridgehead atoms. The maximum absolute atomic E-state index is 12.9. The van der Waals surface area contributed by atoms with Gasteiger partial charge in [-0.3, -0.25) is 0 Å². The van der Waals surface area contributed by atoms with Crippen LogP contribution in [0.5, 0.6) is 46.0 Å². The molecule has 2 N–H and O–H groups in total. The van der Waals surface area contributed by atoms with Crippen LogP contribution in [-0.4, -0.2) is 98.3 Å². The lowest BCUT2D eigenvalue weighted by molar-refractivity contribution is -0.954. The monoisotopic (exact) mass is 782 g/mol. The van der Waals surface area contributed by atoms with Crippen LogP contribution in [0.15, 0.2) is 60.7 Å². The third-order valence-electron chi connectivity index (χ3n) is 13.0. The first-order valence-corrected chi connectivity index (χ1v) is 19.6. The van der Waals surface area contributed by atoms with Gasteiger partial charge in [0.1, 0.15) is 17.8 Å². The number of aliphatic carboxylic acids is 2. The van der Waals surface area contributed by atoms with Crippen molar-refractivity contribution in [3.05, 3.63) is 94.0 Å². The van der Waals surface area contributed by atoms with Crippen LogP contribution in [-0.2, 0) is 35.3 Å². The normalized spacial score (nSPS) is 23.3. The Bertz CT molecular complexity index is 2190. The van der Waals surface area contributed by atoms with Gasteiger partial charge in [0.15, 0.2) is 46.6 Å². The molecular formula is C45H54N2O10+2. The van der Waals surface area contributed by atoms with E-state index in [0.29, 0.717) is 91.4 Å². The van der Waals surface area contributed by atoms with E-state index in [-0.39, 0.29) is 15.0 Å². The average Bonchev–Trinajstić information content (AvgIpc) is 3.20. The first-order chi connectivity index (χ1) is 27.3. The summed E-state index contributed by atoms with van der Waals surface area (Å²) in [4.78, 5) is 25.6. The average molecular weight is 783 g/mol. The van der Waals surface area contributed by atoms with Crippen molar-refractivity contribution in [3.63, 3.8) is 0 Å². The number of likely N-dealkylation sites (N-methyl/N-ethyl adjacent to an activating group) is 2. The van der Waals surface area contributed by atoms with Gasteiger partial charge in [-0.2, -0.15) is 0 Å². The maximum Gasteiger partial charge on any atom is 0.362 e. The molecule has 0 radical (unpaired) electrons. The minimum atomic E-state index is -0.900. The molecule has 0 amide bonds. The van der Waals surface area contributed by atoms with E-state index in [2.05, 4.69) is 0 Å². The predicted octanol–water partition coefficient (Wildman–Crippen LogP) is 7.53. The summed E-state index contributed by atoms with van der Waals surface area (Å²) >= 11 is 0. The van der Waals surface area contributed by atoms with Crippen molar-refractivity contribution < 1.29 is 57.2 Å². The van der Waals surface area contributed by atoms with Gasteiger partial charge < -0.3 is 47.6 Å². The highest BCUT2D eigenvalue weighted by atomic mass is 16.6. The number of methoxy groups -OCH3 is 3. The van der Waals surface area contributed by atoms with E-state index in [1.165, 1.54) is 0 Å². The molecule has 4 heterocycles. The first kappa shape index (κ1) is 39.8. The van der Waals surface area contributed by atoms with Crippen LogP contribution in [0.4, 0.5) is 0 Å². The third kappa shape index (κ3) is 6.99. The lowest BCUT2D eigenvalue weighted by Gasteiger charge is -2.49. The number of hydrogen-bond donors (Lipinski definition) is 2. The Morgan fingerprint density at radius 3 is 1.89 bits per heavy atom. The van der Waals surface area contributed by atoms with E-state index in [4.69, 9.17) is 28.4 Å². The quantitative estimate of drug-likeness (QED) is 0.165. The van der Waals surface area contributed by atoms with Gasteiger partial charge in [0.25, 0.3) is 0 Å². The summed E-state index contributed by atoms with van der Waals surface area (Å²) in [5.74, 6) is 2.24. The smallest absolute Gasteiger partial charge is 0.362 e. The molecule has 4 aliphatic heterocycles. The molecular weight excluding hydrogens is 728 g/mol. The zero-order chi connectivity index (χ0) is 40.8. The van der Waals surface area contributed by atoms with Crippen LogP contribution in [0.2, 0.25) is 0 Å². The van der Waals surface area contributed by atoms with Crippen LogP contribution in [0.1, 0.15) is 66.2 Å². The second-order valence-corrected chi connectivity index (χ2v) is 15.9. The third-order valence-corrected chi connectivity index (χ3v) is 13.0. The summed E-state index contributed by atoms with van der Waals surface area (Å²) in [6.07, 6.45) is 2.20. The molecule has 0 saturated carbocycles. The van der Waals surface area contributed by atoms with Gasteiger partial charge in [-0.1, -0.05) is 18.2 Å². The van der Waals surface area contributed by atoms with Gasteiger partial charge in [-0.25, -0.2) is 9.59 Å². The van der Waals surface area contributed by atoms with Crippen LogP contribution in [0.25, 0.3) is 0 Å². The Balaban J connectivity index is 1.55. The lowest BCUT2D eigenvalue weighted by Crippen LogP contribution is -2.59. The molecule has 0 saturated heterocycles. The molecule has 4 aliphatic rings. The second kappa shape index (κ2) is 15.5. The number of benzene rings is 4. The van der Waals surface area contributed by atoms with Crippen LogP contribution in [0.3, 0.4) is 0 Å². The molecule has 12 nitrogen and oxygen atoms in total. The summed E-state index contributed by atoms with van der Waals surface area (Å²) in [6.45, 7) is 6.92. The van der Waals surface area contributed by atoms with E-state index >= 15 is 0 Å². The Hall–Kier alpha value is -5.46. The number of quaternary nitrogens is 2. The molecule has 8 rings (SSSR count). The molecule has 57 heavy (non-hydrogen) atoms. The van der Waals surface area contributed by atoms with E-state index < -0.39 is 30.1 Å². The molecule has 0 fully saturated rings. The SMILES string of the molecule is CCOc1c(OC)cc2c3c1Oc1cc4c(cc1OC)CC[N+](C)(C(C)C(=O)O)C4Cc1ccc(cc1)Oc1cc(ccc1OC)CC3[N+](C)(C(C)C(=O)O)CC2. The van der Waals surface area contributed by atoms with Crippen molar-refractivity contribution in [2.75, 3.05) is 55.1 Å². The zero-order valence-corrected chi connectivity index (χ0v) is 34.1. The molecule has 4 aromatic carbocycles. The molecule has 12 heteroatoms. The predicted molar refractivity (Wildman–Crippen MR) is 213 cm³/mol. The molecule has 0 aromatic heterocycles. The number of fused-ring (bicyclic) bond motifs is 2. The van der Waals surface area contributed by atoms with Crippen molar-refractivity contribution in [3.8, 4) is 46.0 Å². The highest BCUT2D eigenvalue weighted by Gasteiger charge is 2.49. The Labute approximate surface area is 334 Å². The number of carboxylic acids is 2. The molecule has 6 unspecified atom stereocenters. The maximum atomic E-state index is 12.9. The van der Waals surface area contributed by atoms with Gasteiger partial charge in [-0.05, 0) is 85.5 Å². The van der Waals surface area contributed by atoms with Gasteiger partial charge in [0.05, 0.1) is 60.7 Å². The summed E-state index contributed by atoms with van der Waals surface area (Å²) in [5.41, 5.74) is 5.77. The fourth-order valence-electron chi connectivity index (χ4n) is 9.18. The standard InChI is InChI=1S/C45H52N2O10/c1-9-55-42-40(54-8)24-31-17-19-47(5,27(3)45(50)51)35-21-29-12-15-36(52-6)38(22-29)56-32-13-10-28(11-14-32)20-34-33-25-39(57-43(42)41(31)35)37(53-7)23-30(33)16-18-46(34,4)26(2)44(48)49/h10-15,22-27,34-35H,9,16-21H2,1-8H3/p+2. The highest BCUT2D eigenvalue weighted by molar-refractivity contribution is 5.72. The largest absolute Gasteiger partial charge is 0.493 e. The highest BCUT2D eigenvalue weighted by Crippen LogP contribution is 2.54. The van der Waals surface area contributed by atoms with Gasteiger partial charge in [-0.15, -0.1) is 0 Å². The summed E-state index contributed by atoms with van der Waals surface area (Å²) in [7, 11) is 8.84. The number of carboxylic acid groups (broad SMARTS) is 2. The van der Waals surface area contributed by atoms with Crippen LogP contribution >= 0.6 is 0 Å². The van der Waals surface area contributed by atoms with Crippen molar-refractivity contribution >= 4 is 11.9 Å². The lowest BCUT2D eigenvalue weighted by atomic mass is 9.84. The first-order valence-electron chi connectivity index (χ1n) is 19.6. The number of rotatable bonds is 9. The van der Waals surface area contributed by atoms with Gasteiger partial charge >= 0.3 is 11.9 Å². The topological polar surface area (TPSA) is 130 Å². The second-order valence-electron chi connectivity index (χ2n) is 15.9.